The fourth-order valence-electron chi connectivity index (χ4n) is 1.92. The monoisotopic (exact) mass is 351 g/mol. The maximum atomic E-state index is 11.8. The smallest absolute Gasteiger partial charge is 0.407 e. The molecule has 138 valence electrons. The Morgan fingerprint density at radius 3 is 2.40 bits per heavy atom. The molecular weight excluding hydrogens is 326 g/mol. The van der Waals surface area contributed by atoms with E-state index in [0.29, 0.717) is 16.9 Å². The maximum Gasteiger partial charge on any atom is 0.407 e. The largest absolute Gasteiger partial charge is 0.496 e. The number of alkyl carbamates (subject to hydrolysis) is 1. The molecule has 0 aliphatic carbocycles. The Morgan fingerprint density at radius 1 is 1.16 bits per heavy atom. The van der Waals surface area contributed by atoms with Gasteiger partial charge >= 0.3 is 12.1 Å². The summed E-state index contributed by atoms with van der Waals surface area (Å²) in [7, 11) is 1.50. The van der Waals surface area contributed by atoms with E-state index in [1.807, 2.05) is 0 Å². The van der Waals surface area contributed by atoms with Gasteiger partial charge in [-0.1, -0.05) is 0 Å². The van der Waals surface area contributed by atoms with Crippen LogP contribution in [0.5, 0.6) is 5.75 Å². The van der Waals surface area contributed by atoms with E-state index in [4.69, 9.17) is 14.2 Å². The number of amides is 1. The molecule has 0 unspecified atom stereocenters. The summed E-state index contributed by atoms with van der Waals surface area (Å²) >= 11 is 0. The lowest BCUT2D eigenvalue weighted by Gasteiger charge is -2.19. The summed E-state index contributed by atoms with van der Waals surface area (Å²) < 4.78 is 15.4. The number of carbonyl (C=O) groups excluding carboxylic acids is 3. The van der Waals surface area contributed by atoms with Gasteiger partial charge in [0.1, 0.15) is 18.0 Å². The van der Waals surface area contributed by atoms with Crippen molar-refractivity contribution < 1.29 is 28.6 Å². The predicted octanol–water partition coefficient (Wildman–Crippen LogP) is 2.86. The van der Waals surface area contributed by atoms with E-state index >= 15 is 0 Å². The van der Waals surface area contributed by atoms with Crippen LogP contribution in [0.15, 0.2) is 18.2 Å². The van der Waals surface area contributed by atoms with Crippen molar-refractivity contribution in [1.82, 2.24) is 5.32 Å². The van der Waals surface area contributed by atoms with Crippen molar-refractivity contribution in [2.75, 3.05) is 13.7 Å². The molecule has 1 amide bonds. The third-order valence-corrected chi connectivity index (χ3v) is 3.07. The van der Waals surface area contributed by atoms with E-state index in [1.54, 1.807) is 39.0 Å². The molecule has 0 spiro atoms. The Bertz CT molecular complexity index is 633. The Hall–Kier alpha value is -2.57. The standard InChI is InChI=1S/C18H25NO6/c1-12(20)13-6-7-15(23-5)14(10-13)11-24-16(21)8-9-19-17(22)25-18(2,3)4/h6-7,10H,8-9,11H2,1-5H3,(H,19,22). The second-order valence-corrected chi connectivity index (χ2v) is 6.42. The molecule has 25 heavy (non-hydrogen) atoms. The van der Waals surface area contributed by atoms with E-state index in [0.717, 1.165) is 0 Å². The van der Waals surface area contributed by atoms with Gasteiger partial charge in [0.05, 0.1) is 13.5 Å². The van der Waals surface area contributed by atoms with Gasteiger partial charge in [0, 0.05) is 17.7 Å². The van der Waals surface area contributed by atoms with Crippen molar-refractivity contribution >= 4 is 17.8 Å². The molecule has 0 radical (unpaired) electrons. The minimum absolute atomic E-state index is 0.00789. The topological polar surface area (TPSA) is 90.9 Å². The molecule has 0 aliphatic heterocycles. The number of esters is 1. The van der Waals surface area contributed by atoms with Crippen LogP contribution in [-0.4, -0.2) is 37.1 Å². The highest BCUT2D eigenvalue weighted by Crippen LogP contribution is 2.21. The van der Waals surface area contributed by atoms with E-state index in [1.165, 1.54) is 14.0 Å². The van der Waals surface area contributed by atoms with Crippen molar-refractivity contribution in [2.45, 2.75) is 46.3 Å². The summed E-state index contributed by atoms with van der Waals surface area (Å²) in [5.74, 6) is -0.0344. The van der Waals surface area contributed by atoms with Gasteiger partial charge in [0.15, 0.2) is 5.78 Å². The molecule has 0 aliphatic rings. The number of carbonyl (C=O) groups is 3. The molecule has 0 heterocycles. The van der Waals surface area contributed by atoms with Crippen LogP contribution in [-0.2, 0) is 20.9 Å². The zero-order valence-electron chi connectivity index (χ0n) is 15.3. The first kappa shape index (κ1) is 20.5. The lowest BCUT2D eigenvalue weighted by molar-refractivity contribution is -0.144. The summed E-state index contributed by atoms with van der Waals surface area (Å²) in [6, 6.07) is 4.94. The third-order valence-electron chi connectivity index (χ3n) is 3.07. The minimum Gasteiger partial charge on any atom is -0.496 e. The molecule has 0 saturated carbocycles. The van der Waals surface area contributed by atoms with Gasteiger partial charge in [-0.3, -0.25) is 9.59 Å². The Balaban J connectivity index is 2.47. The second kappa shape index (κ2) is 9.05. The number of rotatable bonds is 7. The van der Waals surface area contributed by atoms with Crippen LogP contribution < -0.4 is 10.1 Å². The Labute approximate surface area is 147 Å². The fraction of sp³-hybridized carbons (Fsp3) is 0.500. The van der Waals surface area contributed by atoms with Crippen LogP contribution in [0.25, 0.3) is 0 Å². The number of methoxy groups -OCH3 is 1. The normalized spacial score (nSPS) is 10.8. The summed E-state index contributed by atoms with van der Waals surface area (Å²) in [5.41, 5.74) is 0.519. The van der Waals surface area contributed by atoms with Crippen LogP contribution in [0, 0.1) is 0 Å². The van der Waals surface area contributed by atoms with Crippen molar-refractivity contribution in [3.05, 3.63) is 29.3 Å². The van der Waals surface area contributed by atoms with Gasteiger partial charge in [-0.25, -0.2) is 4.79 Å². The average molecular weight is 351 g/mol. The maximum absolute atomic E-state index is 11.8. The fourth-order valence-corrected chi connectivity index (χ4v) is 1.92. The summed E-state index contributed by atoms with van der Waals surface area (Å²) in [4.78, 5) is 34.7. The third kappa shape index (κ3) is 7.69. The van der Waals surface area contributed by atoms with Crippen molar-refractivity contribution in [3.63, 3.8) is 0 Å². The van der Waals surface area contributed by atoms with Crippen LogP contribution >= 0.6 is 0 Å². The molecule has 0 fully saturated rings. The van der Waals surface area contributed by atoms with Gasteiger partial charge in [0.25, 0.3) is 0 Å². The molecule has 0 saturated heterocycles. The molecule has 0 bridgehead atoms. The van der Waals surface area contributed by atoms with Gasteiger partial charge in [0.2, 0.25) is 0 Å². The lowest BCUT2D eigenvalue weighted by atomic mass is 10.1. The van der Waals surface area contributed by atoms with Crippen molar-refractivity contribution in [3.8, 4) is 5.75 Å². The molecule has 1 N–H and O–H groups in total. The number of hydrogen-bond acceptors (Lipinski definition) is 6. The highest BCUT2D eigenvalue weighted by atomic mass is 16.6. The average Bonchev–Trinajstić information content (AvgIpc) is 2.50. The Morgan fingerprint density at radius 2 is 1.84 bits per heavy atom. The first-order valence-electron chi connectivity index (χ1n) is 7.92. The number of ether oxygens (including phenoxy) is 3. The van der Waals surface area contributed by atoms with E-state index < -0.39 is 17.7 Å². The highest BCUT2D eigenvalue weighted by molar-refractivity contribution is 5.94. The minimum atomic E-state index is -0.594. The zero-order valence-corrected chi connectivity index (χ0v) is 15.3. The van der Waals surface area contributed by atoms with Crippen molar-refractivity contribution in [2.24, 2.45) is 0 Å². The quantitative estimate of drug-likeness (QED) is 0.600. The van der Waals surface area contributed by atoms with Gasteiger partial charge < -0.3 is 19.5 Å². The van der Waals surface area contributed by atoms with Crippen molar-refractivity contribution in [1.29, 1.82) is 0 Å². The SMILES string of the molecule is COc1ccc(C(C)=O)cc1COC(=O)CCNC(=O)OC(C)(C)C. The molecule has 0 atom stereocenters. The summed E-state index contributed by atoms with van der Waals surface area (Å²) in [5, 5.41) is 2.48. The number of hydrogen-bond donors (Lipinski definition) is 1. The van der Waals surface area contributed by atoms with Crippen LogP contribution in [0.2, 0.25) is 0 Å². The first-order valence-corrected chi connectivity index (χ1v) is 7.92. The molecule has 1 aromatic rings. The van der Waals surface area contributed by atoms with Gasteiger partial charge in [-0.15, -0.1) is 0 Å². The summed E-state index contributed by atoms with van der Waals surface area (Å²) in [6.45, 7) is 6.81. The van der Waals surface area contributed by atoms with Gasteiger partial charge in [-0.2, -0.15) is 0 Å². The number of nitrogens with one attached hydrogen (secondary N) is 1. The van der Waals surface area contributed by atoms with E-state index in [9.17, 15) is 14.4 Å². The molecule has 0 aromatic heterocycles. The predicted molar refractivity (Wildman–Crippen MR) is 91.6 cm³/mol. The molecule has 7 heteroatoms. The lowest BCUT2D eigenvalue weighted by Crippen LogP contribution is -2.33. The zero-order chi connectivity index (χ0) is 19.0. The van der Waals surface area contributed by atoms with Crippen LogP contribution in [0.1, 0.15) is 50.0 Å². The van der Waals surface area contributed by atoms with E-state index in [2.05, 4.69) is 5.32 Å². The van der Waals surface area contributed by atoms with Crippen LogP contribution in [0.4, 0.5) is 4.79 Å². The molecule has 1 rings (SSSR count). The number of benzene rings is 1. The summed E-state index contributed by atoms with van der Waals surface area (Å²) in [6.07, 6.45) is -0.579. The van der Waals surface area contributed by atoms with E-state index in [-0.39, 0.29) is 25.4 Å². The molecular formula is C18H25NO6. The second-order valence-electron chi connectivity index (χ2n) is 6.42. The highest BCUT2D eigenvalue weighted by Gasteiger charge is 2.16. The first-order chi connectivity index (χ1) is 11.6. The molecule has 1 aromatic carbocycles. The van der Waals surface area contributed by atoms with Crippen LogP contribution in [0.3, 0.4) is 0 Å². The Kier molecular flexibility index (Phi) is 7.42. The van der Waals surface area contributed by atoms with Gasteiger partial charge in [-0.05, 0) is 45.9 Å². The molecule has 7 nitrogen and oxygen atoms in total. The number of ketones is 1. The number of Topliss-reactive ketones (excluding diaryl/α,β-unsaturated/α-hetero) is 1.